The van der Waals surface area contributed by atoms with Gasteiger partial charge in [0.15, 0.2) is 6.61 Å². The summed E-state index contributed by atoms with van der Waals surface area (Å²) < 4.78 is 6.69. The van der Waals surface area contributed by atoms with Gasteiger partial charge >= 0.3 is 0 Å². The molecule has 6 heteroatoms. The second kappa shape index (κ2) is 11.7. The van der Waals surface area contributed by atoms with Gasteiger partial charge in [0, 0.05) is 12.1 Å². The third-order valence-electron chi connectivity index (χ3n) is 5.29. The summed E-state index contributed by atoms with van der Waals surface area (Å²) in [6, 6.07) is 13.3. The van der Waals surface area contributed by atoms with Crippen LogP contribution in [-0.4, -0.2) is 34.9 Å². The standard InChI is InChI=1S/C27H37BrN2O3/c1-8-23(26(32)29-27(5,6)7)30(16-20-11-9-10-19(4)14-20)25(31)17-33-24-13-12-21(18(2)3)15-22(24)28/h9-15,18,23H,8,16-17H2,1-7H3,(H,29,32)/t23-/m0/s1. The minimum atomic E-state index is -0.590. The van der Waals surface area contributed by atoms with Crippen LogP contribution in [0.3, 0.4) is 0 Å². The van der Waals surface area contributed by atoms with Gasteiger partial charge in [0.25, 0.3) is 5.91 Å². The average molecular weight is 518 g/mol. The molecule has 0 unspecified atom stereocenters. The fourth-order valence-corrected chi connectivity index (χ4v) is 4.11. The molecule has 0 aliphatic rings. The van der Waals surface area contributed by atoms with E-state index in [4.69, 9.17) is 4.74 Å². The summed E-state index contributed by atoms with van der Waals surface area (Å²) in [4.78, 5) is 28.1. The van der Waals surface area contributed by atoms with Gasteiger partial charge in [0.2, 0.25) is 5.91 Å². The SMILES string of the molecule is CC[C@@H](C(=O)NC(C)(C)C)N(Cc1cccc(C)c1)C(=O)COc1ccc(C(C)C)cc1Br. The maximum absolute atomic E-state index is 13.4. The van der Waals surface area contributed by atoms with Crippen LogP contribution in [0.4, 0.5) is 0 Å². The van der Waals surface area contributed by atoms with Crippen LogP contribution in [0.1, 0.15) is 70.6 Å². The minimum Gasteiger partial charge on any atom is -0.483 e. The van der Waals surface area contributed by atoms with Gasteiger partial charge in [0.05, 0.1) is 4.47 Å². The molecule has 1 N–H and O–H groups in total. The van der Waals surface area contributed by atoms with Gasteiger partial charge in [-0.15, -0.1) is 0 Å². The van der Waals surface area contributed by atoms with E-state index in [1.807, 2.05) is 77.1 Å². The Labute approximate surface area is 207 Å². The predicted molar refractivity (Wildman–Crippen MR) is 137 cm³/mol. The van der Waals surface area contributed by atoms with Crippen LogP contribution in [0.25, 0.3) is 0 Å². The molecule has 0 aliphatic carbocycles. The number of halogens is 1. The number of hydrogen-bond donors (Lipinski definition) is 1. The van der Waals surface area contributed by atoms with Crippen molar-refractivity contribution in [1.82, 2.24) is 10.2 Å². The van der Waals surface area contributed by atoms with Crippen molar-refractivity contribution in [2.75, 3.05) is 6.61 Å². The lowest BCUT2D eigenvalue weighted by Crippen LogP contribution is -2.54. The van der Waals surface area contributed by atoms with Gasteiger partial charge < -0.3 is 15.0 Å². The monoisotopic (exact) mass is 516 g/mol. The first kappa shape index (κ1) is 26.9. The van der Waals surface area contributed by atoms with Crippen molar-refractivity contribution in [1.29, 1.82) is 0 Å². The number of rotatable bonds is 9. The highest BCUT2D eigenvalue weighted by Gasteiger charge is 2.31. The van der Waals surface area contributed by atoms with Crippen LogP contribution in [0.15, 0.2) is 46.9 Å². The number of amides is 2. The zero-order valence-corrected chi connectivity index (χ0v) is 22.5. The Balaban J connectivity index is 2.25. The summed E-state index contributed by atoms with van der Waals surface area (Å²) in [7, 11) is 0. The predicted octanol–water partition coefficient (Wildman–Crippen LogP) is 5.98. The Kier molecular flexibility index (Phi) is 9.53. The van der Waals surface area contributed by atoms with E-state index in [0.29, 0.717) is 24.6 Å². The maximum Gasteiger partial charge on any atom is 0.261 e. The topological polar surface area (TPSA) is 58.6 Å². The molecule has 0 aromatic heterocycles. The van der Waals surface area contributed by atoms with Crippen molar-refractivity contribution in [2.45, 2.75) is 78.9 Å². The van der Waals surface area contributed by atoms with E-state index in [-0.39, 0.29) is 24.0 Å². The van der Waals surface area contributed by atoms with Gasteiger partial charge in [-0.05, 0) is 79.2 Å². The van der Waals surface area contributed by atoms with E-state index < -0.39 is 6.04 Å². The van der Waals surface area contributed by atoms with E-state index in [9.17, 15) is 9.59 Å². The molecule has 0 fully saturated rings. The summed E-state index contributed by atoms with van der Waals surface area (Å²) in [5, 5.41) is 3.02. The first-order chi connectivity index (χ1) is 15.4. The number of benzene rings is 2. The van der Waals surface area contributed by atoms with Gasteiger partial charge in [-0.2, -0.15) is 0 Å². The molecule has 5 nitrogen and oxygen atoms in total. The van der Waals surface area contributed by atoms with Crippen molar-refractivity contribution >= 4 is 27.7 Å². The molecule has 0 bridgehead atoms. The number of carbonyl (C=O) groups excluding carboxylic acids is 2. The number of carbonyl (C=O) groups is 2. The van der Waals surface area contributed by atoms with Crippen molar-refractivity contribution in [3.63, 3.8) is 0 Å². The molecule has 2 rings (SSSR count). The van der Waals surface area contributed by atoms with Gasteiger partial charge in [-0.25, -0.2) is 0 Å². The van der Waals surface area contributed by atoms with E-state index in [1.54, 1.807) is 4.90 Å². The molecule has 0 aliphatic heterocycles. The maximum atomic E-state index is 13.4. The molecule has 0 saturated heterocycles. The van der Waals surface area contributed by atoms with Gasteiger partial charge in [0.1, 0.15) is 11.8 Å². The highest BCUT2D eigenvalue weighted by Crippen LogP contribution is 2.29. The number of nitrogens with one attached hydrogen (secondary N) is 1. The molecule has 2 amide bonds. The Morgan fingerprint density at radius 2 is 1.82 bits per heavy atom. The molecular formula is C27H37BrN2O3. The lowest BCUT2D eigenvalue weighted by Gasteiger charge is -2.33. The zero-order chi connectivity index (χ0) is 24.8. The first-order valence-corrected chi connectivity index (χ1v) is 12.3. The van der Waals surface area contributed by atoms with Crippen molar-refractivity contribution in [3.05, 3.63) is 63.6 Å². The smallest absolute Gasteiger partial charge is 0.261 e. The van der Waals surface area contributed by atoms with E-state index >= 15 is 0 Å². The summed E-state index contributed by atoms with van der Waals surface area (Å²) >= 11 is 3.55. The Morgan fingerprint density at radius 1 is 1.12 bits per heavy atom. The van der Waals surface area contributed by atoms with Crippen molar-refractivity contribution in [2.24, 2.45) is 0 Å². The zero-order valence-electron chi connectivity index (χ0n) is 20.9. The van der Waals surface area contributed by atoms with Crippen LogP contribution >= 0.6 is 15.9 Å². The van der Waals surface area contributed by atoms with Gasteiger partial charge in [-0.3, -0.25) is 9.59 Å². The minimum absolute atomic E-state index is 0.148. The lowest BCUT2D eigenvalue weighted by molar-refractivity contribution is -0.143. The Bertz CT molecular complexity index is 966. The molecule has 0 radical (unpaired) electrons. The number of nitrogens with zero attached hydrogens (tertiary/aromatic N) is 1. The quantitative estimate of drug-likeness (QED) is 0.445. The van der Waals surface area contributed by atoms with Crippen LogP contribution in [0.2, 0.25) is 0 Å². The second-order valence-corrected chi connectivity index (χ2v) is 10.7. The average Bonchev–Trinajstić information content (AvgIpc) is 2.71. The third-order valence-corrected chi connectivity index (χ3v) is 5.91. The molecular weight excluding hydrogens is 480 g/mol. The molecule has 0 saturated carbocycles. The van der Waals surface area contributed by atoms with Crippen molar-refractivity contribution < 1.29 is 14.3 Å². The normalized spacial score (nSPS) is 12.4. The largest absolute Gasteiger partial charge is 0.483 e. The first-order valence-electron chi connectivity index (χ1n) is 11.5. The Morgan fingerprint density at radius 3 is 2.36 bits per heavy atom. The summed E-state index contributed by atoms with van der Waals surface area (Å²) in [5.41, 5.74) is 2.89. The number of ether oxygens (including phenoxy) is 1. The van der Waals surface area contributed by atoms with Crippen LogP contribution in [-0.2, 0) is 16.1 Å². The molecule has 0 heterocycles. The highest BCUT2D eigenvalue weighted by atomic mass is 79.9. The molecule has 0 spiro atoms. The summed E-state index contributed by atoms with van der Waals surface area (Å²) in [5.74, 6) is 0.615. The van der Waals surface area contributed by atoms with Crippen LogP contribution < -0.4 is 10.1 Å². The Hall–Kier alpha value is -2.34. The van der Waals surface area contributed by atoms with E-state index in [0.717, 1.165) is 15.6 Å². The lowest BCUT2D eigenvalue weighted by atomic mass is 10.0. The molecule has 33 heavy (non-hydrogen) atoms. The van der Waals surface area contributed by atoms with E-state index in [2.05, 4.69) is 35.1 Å². The third kappa shape index (κ3) is 8.18. The van der Waals surface area contributed by atoms with Crippen LogP contribution in [0, 0.1) is 6.92 Å². The van der Waals surface area contributed by atoms with Crippen molar-refractivity contribution in [3.8, 4) is 5.75 Å². The summed E-state index contributed by atoms with van der Waals surface area (Å²) in [6.45, 7) is 14.2. The fourth-order valence-electron chi connectivity index (χ4n) is 3.60. The van der Waals surface area contributed by atoms with Crippen LogP contribution in [0.5, 0.6) is 5.75 Å². The molecule has 1 atom stereocenters. The van der Waals surface area contributed by atoms with Gasteiger partial charge in [-0.1, -0.05) is 56.7 Å². The molecule has 2 aromatic rings. The highest BCUT2D eigenvalue weighted by molar-refractivity contribution is 9.10. The number of aryl methyl sites for hydroxylation is 1. The summed E-state index contributed by atoms with van der Waals surface area (Å²) in [6.07, 6.45) is 0.506. The molecule has 2 aromatic carbocycles. The second-order valence-electron chi connectivity index (χ2n) is 9.81. The van der Waals surface area contributed by atoms with E-state index in [1.165, 1.54) is 5.56 Å². The molecule has 180 valence electrons. The number of hydrogen-bond acceptors (Lipinski definition) is 3. The fraction of sp³-hybridized carbons (Fsp3) is 0.481.